The Morgan fingerprint density at radius 3 is 2.61 bits per heavy atom. The van der Waals surface area contributed by atoms with E-state index in [1.165, 1.54) is 36.1 Å². The van der Waals surface area contributed by atoms with Crippen molar-refractivity contribution in [2.45, 2.75) is 25.2 Å². The fourth-order valence-electron chi connectivity index (χ4n) is 4.15. The molecule has 5 aromatic rings. The number of imidazole rings is 1. The normalized spacial score (nSPS) is 14.1. The minimum absolute atomic E-state index is 0.542. The molecule has 3 aromatic heterocycles. The van der Waals surface area contributed by atoms with Gasteiger partial charge in [0.2, 0.25) is 0 Å². The van der Waals surface area contributed by atoms with Crippen molar-refractivity contribution in [2.75, 3.05) is 0 Å². The monoisotopic (exact) mass is 468 g/mol. The number of ether oxygens (including phenoxy) is 1. The van der Waals surface area contributed by atoms with Gasteiger partial charge >= 0.3 is 183 Å². The first kappa shape index (κ1) is 18.6. The second-order valence-electron chi connectivity index (χ2n) is 7.95. The molecule has 1 saturated carbocycles. The molecule has 0 radical (unpaired) electrons. The number of pyridine rings is 1. The molecule has 0 aliphatic heterocycles. The average molecular weight is 468 g/mol. The molecule has 31 heavy (non-hydrogen) atoms. The van der Waals surface area contributed by atoms with Crippen LogP contribution in [0.3, 0.4) is 0 Å². The Balaban J connectivity index is 1.46. The van der Waals surface area contributed by atoms with E-state index in [2.05, 4.69) is 27.6 Å². The molecule has 1 aliphatic rings. The molecular formula is C25H21AsN4O. The Labute approximate surface area is 188 Å². The van der Waals surface area contributed by atoms with Gasteiger partial charge in [0.15, 0.2) is 0 Å². The Kier molecular flexibility index (Phi) is 4.50. The first-order valence-electron chi connectivity index (χ1n) is 10.5. The van der Waals surface area contributed by atoms with E-state index in [0.29, 0.717) is 11.8 Å². The number of aromatic nitrogens is 4. The van der Waals surface area contributed by atoms with Crippen molar-refractivity contribution >= 4 is 37.8 Å². The Hall–Kier alpha value is -3.17. The van der Waals surface area contributed by atoms with Crippen LogP contribution < -0.4 is 9.22 Å². The third-order valence-corrected chi connectivity index (χ3v) is 6.87. The summed E-state index contributed by atoms with van der Waals surface area (Å²) >= 11 is 1.52. The van der Waals surface area contributed by atoms with Crippen LogP contribution in [0.15, 0.2) is 73.1 Å². The molecule has 1 fully saturated rings. The fourth-order valence-corrected chi connectivity index (χ4v) is 4.91. The molecule has 6 rings (SSSR count). The molecule has 0 bridgehead atoms. The molecule has 0 spiro atoms. The van der Waals surface area contributed by atoms with Gasteiger partial charge in [0.25, 0.3) is 0 Å². The number of nitrogens with zero attached hydrogens (tertiary/aromatic N) is 4. The van der Waals surface area contributed by atoms with Crippen LogP contribution >= 0.6 is 0 Å². The molecule has 2 aromatic carbocycles. The van der Waals surface area contributed by atoms with Crippen LogP contribution in [0.2, 0.25) is 0 Å². The van der Waals surface area contributed by atoms with Gasteiger partial charge in [-0.2, -0.15) is 0 Å². The van der Waals surface area contributed by atoms with Crippen LogP contribution in [0.5, 0.6) is 11.6 Å². The van der Waals surface area contributed by atoms with Gasteiger partial charge in [-0.05, 0) is 0 Å². The van der Waals surface area contributed by atoms with E-state index in [1.807, 2.05) is 54.9 Å². The van der Waals surface area contributed by atoms with Gasteiger partial charge in [-0.25, -0.2) is 0 Å². The Morgan fingerprint density at radius 2 is 1.81 bits per heavy atom. The number of hydrogen-bond acceptors (Lipinski definition) is 4. The van der Waals surface area contributed by atoms with Crippen LogP contribution in [-0.4, -0.2) is 36.2 Å². The number of benzene rings is 2. The molecule has 152 valence electrons. The molecule has 0 N–H and O–H groups in total. The molecular weight excluding hydrogens is 447 g/mol. The predicted octanol–water partition coefficient (Wildman–Crippen LogP) is 4.26. The summed E-state index contributed by atoms with van der Waals surface area (Å²) in [7, 11) is 0. The first-order valence-corrected chi connectivity index (χ1v) is 11.7. The Morgan fingerprint density at radius 1 is 0.968 bits per heavy atom. The second-order valence-corrected chi connectivity index (χ2v) is 9.10. The van der Waals surface area contributed by atoms with Gasteiger partial charge in [0.05, 0.1) is 0 Å². The van der Waals surface area contributed by atoms with Crippen molar-refractivity contribution in [3.63, 3.8) is 0 Å². The summed E-state index contributed by atoms with van der Waals surface area (Å²) in [6.45, 7) is 0. The van der Waals surface area contributed by atoms with Crippen molar-refractivity contribution in [3.8, 4) is 22.9 Å². The molecule has 0 amide bonds. The van der Waals surface area contributed by atoms with Crippen LogP contribution in [0.1, 0.15) is 31.0 Å². The number of rotatable bonds is 4. The maximum absolute atomic E-state index is 5.94. The first-order chi connectivity index (χ1) is 15.3. The van der Waals surface area contributed by atoms with Gasteiger partial charge in [0.1, 0.15) is 0 Å². The van der Waals surface area contributed by atoms with Crippen LogP contribution in [0.25, 0.3) is 27.7 Å². The number of para-hydroxylation sites is 1. The van der Waals surface area contributed by atoms with Gasteiger partial charge in [-0.1, -0.05) is 6.07 Å². The van der Waals surface area contributed by atoms with Gasteiger partial charge in [-0.15, -0.1) is 0 Å². The summed E-state index contributed by atoms with van der Waals surface area (Å²) in [4.78, 5) is 14.4. The molecule has 3 heterocycles. The number of fused-ring (bicyclic) bond motifs is 2. The van der Waals surface area contributed by atoms with E-state index in [9.17, 15) is 0 Å². The van der Waals surface area contributed by atoms with Crippen molar-refractivity contribution in [2.24, 2.45) is 0 Å². The van der Waals surface area contributed by atoms with E-state index in [4.69, 9.17) is 14.7 Å². The quantitative estimate of drug-likeness (QED) is 0.370. The summed E-state index contributed by atoms with van der Waals surface area (Å²) in [6.07, 6.45) is 7.64. The topological polar surface area (TPSA) is 52.3 Å². The molecule has 6 heteroatoms. The predicted molar refractivity (Wildman–Crippen MR) is 125 cm³/mol. The number of hydrogen-bond donors (Lipinski definition) is 0. The summed E-state index contributed by atoms with van der Waals surface area (Å²) in [5, 5.41) is 1.07. The third-order valence-electron chi connectivity index (χ3n) is 5.99. The Bertz CT molecular complexity index is 1410. The molecule has 0 saturated heterocycles. The molecule has 5 nitrogen and oxygen atoms in total. The van der Waals surface area contributed by atoms with Gasteiger partial charge in [0, 0.05) is 0 Å². The zero-order valence-corrected chi connectivity index (χ0v) is 19.3. The van der Waals surface area contributed by atoms with Crippen molar-refractivity contribution in [3.05, 3.63) is 78.9 Å². The SMILES string of the molecule is [AsH2]c1nccn2c(C3CCC3)nc(-c3ccc4ccc(Oc5ccccc5)nc4c3)c12. The standard InChI is InChI=1S/C25H21AsN4O/c26-24-23-22(29-25(17-5-4-6-17)30(23)14-13-27-24)18-10-9-16-11-12-21(28-20(16)15-18)31-19-7-2-1-3-8-19/h1-3,7-15,17H,4-6,26H2. The van der Waals surface area contributed by atoms with Crippen LogP contribution in [-0.2, 0) is 0 Å². The second kappa shape index (κ2) is 7.51. The summed E-state index contributed by atoms with van der Waals surface area (Å²) in [5.74, 6) is 3.06. The van der Waals surface area contributed by atoms with Crippen LogP contribution in [0.4, 0.5) is 0 Å². The summed E-state index contributed by atoms with van der Waals surface area (Å²) in [6, 6.07) is 20.0. The minimum atomic E-state index is 0.542. The summed E-state index contributed by atoms with van der Waals surface area (Å²) in [5.41, 5.74) is 4.06. The molecule has 1 unspecified atom stereocenters. The zero-order chi connectivity index (χ0) is 20.8. The van der Waals surface area contributed by atoms with E-state index in [-0.39, 0.29) is 0 Å². The van der Waals surface area contributed by atoms with E-state index in [1.54, 1.807) is 0 Å². The van der Waals surface area contributed by atoms with Gasteiger partial charge in [-0.3, -0.25) is 0 Å². The third kappa shape index (κ3) is 3.30. The fraction of sp³-hybridized carbons (Fsp3) is 0.160. The van der Waals surface area contributed by atoms with E-state index >= 15 is 0 Å². The van der Waals surface area contributed by atoms with Crippen LogP contribution in [0, 0.1) is 0 Å². The van der Waals surface area contributed by atoms with Crippen molar-refractivity contribution < 1.29 is 4.74 Å². The van der Waals surface area contributed by atoms with E-state index < -0.39 is 0 Å². The summed E-state index contributed by atoms with van der Waals surface area (Å²) < 4.78 is 9.24. The molecule has 1 atom stereocenters. The maximum atomic E-state index is 5.94. The zero-order valence-electron chi connectivity index (χ0n) is 16.9. The van der Waals surface area contributed by atoms with Gasteiger partial charge < -0.3 is 0 Å². The van der Waals surface area contributed by atoms with Crippen molar-refractivity contribution in [1.82, 2.24) is 19.4 Å². The molecule has 1 aliphatic carbocycles. The van der Waals surface area contributed by atoms with Crippen molar-refractivity contribution in [1.29, 1.82) is 0 Å². The average Bonchev–Trinajstić information content (AvgIpc) is 3.13. The van der Waals surface area contributed by atoms with E-state index in [0.717, 1.165) is 43.7 Å².